The van der Waals surface area contributed by atoms with E-state index in [1.165, 1.54) is 37.4 Å². The lowest BCUT2D eigenvalue weighted by atomic mass is 9.97. The van der Waals surface area contributed by atoms with Crippen molar-refractivity contribution in [3.8, 4) is 34.3 Å². The number of ether oxygens (including phenoxy) is 5. The number of aliphatic hydroxyl groups excluding tert-OH is 7. The fourth-order valence-corrected chi connectivity index (χ4v) is 5.03. The van der Waals surface area contributed by atoms with Gasteiger partial charge in [0.1, 0.15) is 70.9 Å². The van der Waals surface area contributed by atoms with Crippen LogP contribution in [0.5, 0.6) is 23.0 Å². The molecule has 0 aliphatic carbocycles. The Balaban J connectivity index is 1.60. The van der Waals surface area contributed by atoms with Crippen molar-refractivity contribution < 1.29 is 74.1 Å². The van der Waals surface area contributed by atoms with Crippen LogP contribution in [0.3, 0.4) is 0 Å². The van der Waals surface area contributed by atoms with Crippen LogP contribution >= 0.6 is 0 Å². The van der Waals surface area contributed by atoms with E-state index in [1.54, 1.807) is 0 Å². The van der Waals surface area contributed by atoms with Gasteiger partial charge in [0.2, 0.25) is 17.5 Å². The molecule has 5 rings (SSSR count). The highest BCUT2D eigenvalue weighted by molar-refractivity contribution is 5.88. The minimum Gasteiger partial charge on any atom is -0.508 e. The van der Waals surface area contributed by atoms with E-state index in [-0.39, 0.29) is 33.8 Å². The lowest BCUT2D eigenvalue weighted by molar-refractivity contribution is -0.358. The SMILES string of the molecule is COc1cc(O)c2c(=O)c(O[C@H]3OC(CO)[C@@H](O)[C@@H](O)C3O[C@H]3OC(CO)[C@H](O)[C@@H](O)C3O)c(-c3ccc(O)cc3)oc2c1. The Hall–Kier alpha value is -3.55. The molecule has 0 saturated carbocycles. The molecule has 44 heavy (non-hydrogen) atoms. The normalized spacial score (nSPS) is 32.5. The van der Waals surface area contributed by atoms with Crippen LogP contribution in [0.2, 0.25) is 0 Å². The summed E-state index contributed by atoms with van der Waals surface area (Å²) in [5.41, 5.74) is -0.823. The first-order valence-electron chi connectivity index (χ1n) is 13.4. The number of phenols is 2. The second kappa shape index (κ2) is 12.8. The van der Waals surface area contributed by atoms with Crippen LogP contribution in [0.25, 0.3) is 22.3 Å². The van der Waals surface area contributed by atoms with Crippen molar-refractivity contribution in [2.24, 2.45) is 0 Å². The quantitative estimate of drug-likeness (QED) is 0.130. The van der Waals surface area contributed by atoms with E-state index >= 15 is 0 Å². The van der Waals surface area contributed by atoms with Crippen LogP contribution in [-0.2, 0) is 14.2 Å². The van der Waals surface area contributed by atoms with Crippen LogP contribution in [0.15, 0.2) is 45.6 Å². The van der Waals surface area contributed by atoms with Crippen molar-refractivity contribution in [1.29, 1.82) is 0 Å². The van der Waals surface area contributed by atoms with Gasteiger partial charge in [0, 0.05) is 17.7 Å². The summed E-state index contributed by atoms with van der Waals surface area (Å²) in [6.07, 6.45) is -17.5. The zero-order chi connectivity index (χ0) is 31.9. The number of hydrogen-bond donors (Lipinski definition) is 9. The maximum absolute atomic E-state index is 13.8. The number of methoxy groups -OCH3 is 1. The minimum atomic E-state index is -1.92. The van der Waals surface area contributed by atoms with Gasteiger partial charge in [0.15, 0.2) is 18.2 Å². The predicted octanol–water partition coefficient (Wildman–Crippen LogP) is -2.12. The predicted molar refractivity (Wildman–Crippen MR) is 145 cm³/mol. The average molecular weight is 625 g/mol. The minimum absolute atomic E-state index is 0.106. The van der Waals surface area contributed by atoms with E-state index in [2.05, 4.69) is 0 Å². The molecule has 16 heteroatoms. The van der Waals surface area contributed by atoms with Gasteiger partial charge in [-0.1, -0.05) is 0 Å². The first kappa shape index (κ1) is 31.9. The highest BCUT2D eigenvalue weighted by Gasteiger charge is 2.51. The van der Waals surface area contributed by atoms with Gasteiger partial charge in [0.05, 0.1) is 20.3 Å². The van der Waals surface area contributed by atoms with Crippen LogP contribution in [0.1, 0.15) is 0 Å². The van der Waals surface area contributed by atoms with Crippen molar-refractivity contribution in [3.63, 3.8) is 0 Å². The fourth-order valence-electron chi connectivity index (χ4n) is 5.03. The molecule has 0 amide bonds. The molecular formula is C28H32O16. The topological polar surface area (TPSA) is 258 Å². The molecule has 3 aromatic rings. The van der Waals surface area contributed by atoms with E-state index in [0.717, 1.165) is 6.07 Å². The molecule has 0 bridgehead atoms. The first-order valence-corrected chi connectivity index (χ1v) is 13.4. The van der Waals surface area contributed by atoms with Gasteiger partial charge in [-0.05, 0) is 24.3 Å². The van der Waals surface area contributed by atoms with E-state index < -0.39 is 91.6 Å². The fraction of sp³-hybridized carbons (Fsp3) is 0.464. The Kier molecular flexibility index (Phi) is 9.28. The number of aliphatic hydroxyl groups is 7. The summed E-state index contributed by atoms with van der Waals surface area (Å²) in [6, 6.07) is 7.89. The Labute approximate surface area is 248 Å². The molecule has 240 valence electrons. The zero-order valence-corrected chi connectivity index (χ0v) is 23.0. The standard InChI is InChI=1S/C28H32O16/c1-39-12-6-13(32)17-14(7-12)40-24(10-2-4-11(31)5-3-10)25(20(17)35)43-28-26(22(37)19(34)16(9-30)42-28)44-27-23(38)21(36)18(33)15(8-29)41-27/h2-7,15-16,18-19,21-23,26-34,36-38H,8-9H2,1H3/t15?,16?,18-,19+,21+,22+,23?,26?,27+,28+/m0/s1. The molecular weight excluding hydrogens is 592 g/mol. The van der Waals surface area contributed by atoms with Gasteiger partial charge >= 0.3 is 0 Å². The molecule has 4 unspecified atom stereocenters. The summed E-state index contributed by atoms with van der Waals surface area (Å²) in [4.78, 5) is 13.8. The highest BCUT2D eigenvalue weighted by Crippen LogP contribution is 2.38. The van der Waals surface area contributed by atoms with Crippen LogP contribution < -0.4 is 14.9 Å². The molecule has 2 aliphatic heterocycles. The molecule has 3 heterocycles. The number of benzene rings is 2. The smallest absolute Gasteiger partial charge is 0.239 e. The van der Waals surface area contributed by atoms with Gasteiger partial charge in [-0.15, -0.1) is 0 Å². The molecule has 16 nitrogen and oxygen atoms in total. The van der Waals surface area contributed by atoms with Crippen molar-refractivity contribution in [2.75, 3.05) is 20.3 Å². The third-order valence-corrected chi connectivity index (χ3v) is 7.47. The molecule has 2 aliphatic rings. The largest absolute Gasteiger partial charge is 0.508 e. The van der Waals surface area contributed by atoms with E-state index in [4.69, 9.17) is 28.1 Å². The Morgan fingerprint density at radius 3 is 2.02 bits per heavy atom. The Morgan fingerprint density at radius 2 is 1.41 bits per heavy atom. The summed E-state index contributed by atoms with van der Waals surface area (Å²) >= 11 is 0. The Morgan fingerprint density at radius 1 is 0.795 bits per heavy atom. The highest BCUT2D eigenvalue weighted by atomic mass is 16.8. The lowest BCUT2D eigenvalue weighted by Gasteiger charge is -2.45. The van der Waals surface area contributed by atoms with Crippen molar-refractivity contribution in [1.82, 2.24) is 0 Å². The van der Waals surface area contributed by atoms with E-state index in [9.17, 15) is 50.8 Å². The first-order chi connectivity index (χ1) is 21.0. The number of hydrogen-bond acceptors (Lipinski definition) is 16. The third kappa shape index (κ3) is 5.80. The van der Waals surface area contributed by atoms with Crippen LogP contribution in [0.4, 0.5) is 0 Å². The maximum Gasteiger partial charge on any atom is 0.239 e. The average Bonchev–Trinajstić information content (AvgIpc) is 3.01. The van der Waals surface area contributed by atoms with Crippen molar-refractivity contribution in [2.45, 2.75) is 61.4 Å². The molecule has 0 radical (unpaired) electrons. The van der Waals surface area contributed by atoms with Gasteiger partial charge in [0.25, 0.3) is 0 Å². The Bertz CT molecular complexity index is 1510. The van der Waals surface area contributed by atoms with Gasteiger partial charge < -0.3 is 74.1 Å². The van der Waals surface area contributed by atoms with E-state index in [0.29, 0.717) is 0 Å². The summed E-state index contributed by atoms with van der Waals surface area (Å²) < 4.78 is 33.7. The van der Waals surface area contributed by atoms with Crippen molar-refractivity contribution in [3.05, 3.63) is 46.6 Å². The molecule has 2 aromatic carbocycles. The monoisotopic (exact) mass is 624 g/mol. The lowest BCUT2D eigenvalue weighted by Crippen LogP contribution is -2.65. The van der Waals surface area contributed by atoms with Gasteiger partial charge in [-0.3, -0.25) is 4.79 Å². The summed E-state index contributed by atoms with van der Waals surface area (Å²) in [5.74, 6) is -1.29. The number of fused-ring (bicyclic) bond motifs is 1. The second-order valence-electron chi connectivity index (χ2n) is 10.3. The third-order valence-electron chi connectivity index (χ3n) is 7.47. The second-order valence-corrected chi connectivity index (χ2v) is 10.3. The summed E-state index contributed by atoms with van der Waals surface area (Å²) in [6.45, 7) is -1.60. The molecule has 10 atom stereocenters. The maximum atomic E-state index is 13.8. The summed E-state index contributed by atoms with van der Waals surface area (Å²) in [7, 11) is 1.34. The summed E-state index contributed by atoms with van der Waals surface area (Å²) in [5, 5.41) is 91.8. The molecule has 2 saturated heterocycles. The van der Waals surface area contributed by atoms with E-state index in [1.807, 2.05) is 0 Å². The zero-order valence-electron chi connectivity index (χ0n) is 23.0. The molecule has 2 fully saturated rings. The molecule has 0 spiro atoms. The van der Waals surface area contributed by atoms with Crippen LogP contribution in [-0.4, -0.2) is 128 Å². The molecule has 9 N–H and O–H groups in total. The molecule has 1 aromatic heterocycles. The number of rotatable bonds is 8. The van der Waals surface area contributed by atoms with Crippen molar-refractivity contribution >= 4 is 11.0 Å². The number of phenolic OH excluding ortho intramolecular Hbond substituents is 2. The van der Waals surface area contributed by atoms with Crippen LogP contribution in [0, 0.1) is 0 Å². The van der Waals surface area contributed by atoms with Gasteiger partial charge in [-0.25, -0.2) is 0 Å². The number of aromatic hydroxyl groups is 2. The van der Waals surface area contributed by atoms with Gasteiger partial charge in [-0.2, -0.15) is 0 Å².